The Kier molecular flexibility index (Phi) is 3.90. The highest BCUT2D eigenvalue weighted by atomic mass is 15.1. The molecule has 0 aliphatic rings. The van der Waals surface area contributed by atoms with Gasteiger partial charge in [-0.2, -0.15) is 10.1 Å². The second kappa shape index (κ2) is 6.70. The molecule has 0 amide bonds. The van der Waals surface area contributed by atoms with E-state index in [1.807, 2.05) is 24.4 Å². The van der Waals surface area contributed by atoms with Gasteiger partial charge in [-0.15, -0.1) is 0 Å². The molecule has 0 radical (unpaired) electrons. The Morgan fingerprint density at radius 2 is 1.89 bits per heavy atom. The number of rotatable bonds is 5. The number of hydrogen-bond donors (Lipinski definition) is 4. The number of nitrogens with one attached hydrogen (secondary N) is 4. The monoisotopic (exact) mass is 369 g/mol. The average Bonchev–Trinajstić information content (AvgIpc) is 3.31. The standard InChI is InChI=1S/C21H19N7/c1-13-8-15-10-17(3-5-18(15)25-13)26-20-6-7-22-21(27-20)23-11-14-2-4-19-16(9-14)12-24-28-19/h2-10,12,25H,11H2,1H3,(H,24,28)(H2,22,23,26,27). The first-order valence-corrected chi connectivity index (χ1v) is 9.08. The minimum Gasteiger partial charge on any atom is -0.359 e. The van der Waals surface area contributed by atoms with E-state index in [1.54, 1.807) is 6.20 Å². The van der Waals surface area contributed by atoms with Gasteiger partial charge < -0.3 is 15.6 Å². The van der Waals surface area contributed by atoms with Gasteiger partial charge in [-0.05, 0) is 55.0 Å². The quantitative estimate of drug-likeness (QED) is 0.366. The molecule has 7 heteroatoms. The molecule has 0 atom stereocenters. The van der Waals surface area contributed by atoms with Crippen LogP contribution in [0.3, 0.4) is 0 Å². The van der Waals surface area contributed by atoms with Gasteiger partial charge in [0.05, 0.1) is 11.7 Å². The van der Waals surface area contributed by atoms with Crippen LogP contribution in [0.1, 0.15) is 11.3 Å². The van der Waals surface area contributed by atoms with E-state index in [4.69, 9.17) is 0 Å². The summed E-state index contributed by atoms with van der Waals surface area (Å²) in [7, 11) is 0. The van der Waals surface area contributed by atoms with Gasteiger partial charge in [-0.1, -0.05) is 6.07 Å². The summed E-state index contributed by atoms with van der Waals surface area (Å²) in [6.07, 6.45) is 3.57. The maximum atomic E-state index is 4.56. The van der Waals surface area contributed by atoms with E-state index in [0.717, 1.165) is 39.2 Å². The van der Waals surface area contributed by atoms with Crippen molar-refractivity contribution in [3.63, 3.8) is 0 Å². The molecule has 0 bridgehead atoms. The van der Waals surface area contributed by atoms with Crippen molar-refractivity contribution in [2.24, 2.45) is 0 Å². The molecule has 0 aliphatic heterocycles. The lowest BCUT2D eigenvalue weighted by molar-refractivity contribution is 1.06. The van der Waals surface area contributed by atoms with Crippen LogP contribution in [0.25, 0.3) is 21.8 Å². The highest BCUT2D eigenvalue weighted by Gasteiger charge is 2.04. The number of nitrogens with zero attached hydrogens (tertiary/aromatic N) is 3. The van der Waals surface area contributed by atoms with Crippen molar-refractivity contribution in [2.75, 3.05) is 10.6 Å². The highest BCUT2D eigenvalue weighted by Crippen LogP contribution is 2.22. The van der Waals surface area contributed by atoms with Gasteiger partial charge in [0.15, 0.2) is 0 Å². The van der Waals surface area contributed by atoms with Crippen molar-refractivity contribution in [2.45, 2.75) is 13.5 Å². The number of aryl methyl sites for hydroxylation is 1. The molecular weight excluding hydrogens is 350 g/mol. The fourth-order valence-electron chi connectivity index (χ4n) is 3.30. The zero-order chi connectivity index (χ0) is 18.9. The Bertz CT molecular complexity index is 1270. The minimum atomic E-state index is 0.579. The Hall–Kier alpha value is -3.87. The minimum absolute atomic E-state index is 0.579. The Labute approximate surface area is 161 Å². The molecule has 0 fully saturated rings. The predicted octanol–water partition coefficient (Wildman–Crippen LogP) is 4.50. The van der Waals surface area contributed by atoms with Crippen LogP contribution >= 0.6 is 0 Å². The van der Waals surface area contributed by atoms with E-state index in [1.165, 1.54) is 5.39 Å². The van der Waals surface area contributed by atoms with Gasteiger partial charge in [0.1, 0.15) is 5.82 Å². The number of anilines is 3. The van der Waals surface area contributed by atoms with Gasteiger partial charge in [0, 0.05) is 40.4 Å². The molecule has 7 nitrogen and oxygen atoms in total. The molecule has 0 saturated carbocycles. The maximum absolute atomic E-state index is 4.56. The molecule has 0 aliphatic carbocycles. The van der Waals surface area contributed by atoms with Crippen LogP contribution in [0.4, 0.5) is 17.5 Å². The fourth-order valence-corrected chi connectivity index (χ4v) is 3.30. The zero-order valence-electron chi connectivity index (χ0n) is 15.3. The molecule has 138 valence electrons. The number of aromatic nitrogens is 5. The van der Waals surface area contributed by atoms with E-state index in [-0.39, 0.29) is 0 Å². The molecule has 5 rings (SSSR count). The first-order valence-electron chi connectivity index (χ1n) is 9.08. The van der Waals surface area contributed by atoms with E-state index >= 15 is 0 Å². The molecule has 0 spiro atoms. The largest absolute Gasteiger partial charge is 0.359 e. The van der Waals surface area contributed by atoms with Crippen molar-refractivity contribution in [1.82, 2.24) is 25.1 Å². The van der Waals surface area contributed by atoms with E-state index in [2.05, 4.69) is 73.0 Å². The Balaban J connectivity index is 1.30. The van der Waals surface area contributed by atoms with Crippen LogP contribution in [-0.4, -0.2) is 25.1 Å². The third-order valence-corrected chi connectivity index (χ3v) is 4.64. The molecule has 0 unspecified atom stereocenters. The molecule has 3 aromatic heterocycles. The van der Waals surface area contributed by atoms with Gasteiger partial charge in [0.25, 0.3) is 0 Å². The van der Waals surface area contributed by atoms with E-state index in [9.17, 15) is 0 Å². The molecular formula is C21H19N7. The van der Waals surface area contributed by atoms with Crippen molar-refractivity contribution < 1.29 is 0 Å². The molecule has 4 N–H and O–H groups in total. The van der Waals surface area contributed by atoms with Gasteiger partial charge in [-0.3, -0.25) is 5.10 Å². The predicted molar refractivity (Wildman–Crippen MR) is 112 cm³/mol. The topological polar surface area (TPSA) is 94.3 Å². The van der Waals surface area contributed by atoms with Crippen LogP contribution in [-0.2, 0) is 6.54 Å². The molecule has 3 heterocycles. The van der Waals surface area contributed by atoms with E-state index in [0.29, 0.717) is 12.5 Å². The summed E-state index contributed by atoms with van der Waals surface area (Å²) in [6, 6.07) is 16.4. The van der Waals surface area contributed by atoms with Gasteiger partial charge in [-0.25, -0.2) is 4.98 Å². The second-order valence-electron chi connectivity index (χ2n) is 6.79. The Morgan fingerprint density at radius 1 is 0.964 bits per heavy atom. The molecule has 2 aromatic carbocycles. The van der Waals surface area contributed by atoms with Gasteiger partial charge >= 0.3 is 0 Å². The number of benzene rings is 2. The van der Waals surface area contributed by atoms with E-state index < -0.39 is 0 Å². The first kappa shape index (κ1) is 16.3. The zero-order valence-corrected chi connectivity index (χ0v) is 15.3. The average molecular weight is 369 g/mol. The smallest absolute Gasteiger partial charge is 0.224 e. The lowest BCUT2D eigenvalue weighted by Gasteiger charge is -2.09. The third kappa shape index (κ3) is 3.25. The van der Waals surface area contributed by atoms with Crippen LogP contribution < -0.4 is 10.6 Å². The van der Waals surface area contributed by atoms with Crippen LogP contribution in [0, 0.1) is 6.92 Å². The summed E-state index contributed by atoms with van der Waals surface area (Å²) in [6.45, 7) is 2.69. The Morgan fingerprint density at radius 3 is 2.86 bits per heavy atom. The van der Waals surface area contributed by atoms with Crippen molar-refractivity contribution in [3.05, 3.63) is 72.2 Å². The number of fused-ring (bicyclic) bond motifs is 2. The lowest BCUT2D eigenvalue weighted by Crippen LogP contribution is -2.04. The van der Waals surface area contributed by atoms with Crippen molar-refractivity contribution in [3.8, 4) is 0 Å². The molecule has 5 aromatic rings. The molecule has 28 heavy (non-hydrogen) atoms. The SMILES string of the molecule is Cc1cc2cc(Nc3ccnc(NCc4ccc5[nH]ncc5c4)n3)ccc2[nH]1. The maximum Gasteiger partial charge on any atom is 0.224 e. The van der Waals surface area contributed by atoms with Crippen LogP contribution in [0.2, 0.25) is 0 Å². The number of hydrogen-bond acceptors (Lipinski definition) is 5. The fraction of sp³-hybridized carbons (Fsp3) is 0.0952. The normalized spacial score (nSPS) is 11.2. The second-order valence-corrected chi connectivity index (χ2v) is 6.79. The van der Waals surface area contributed by atoms with Gasteiger partial charge in [0.2, 0.25) is 5.95 Å². The summed E-state index contributed by atoms with van der Waals surface area (Å²) >= 11 is 0. The summed E-state index contributed by atoms with van der Waals surface area (Å²) in [5.41, 5.74) is 5.43. The number of aromatic amines is 2. The van der Waals surface area contributed by atoms with Crippen LogP contribution in [0.15, 0.2) is 60.9 Å². The van der Waals surface area contributed by atoms with Crippen molar-refractivity contribution >= 4 is 39.3 Å². The highest BCUT2D eigenvalue weighted by molar-refractivity contribution is 5.84. The summed E-state index contributed by atoms with van der Waals surface area (Å²) < 4.78 is 0. The van der Waals surface area contributed by atoms with Crippen LogP contribution in [0.5, 0.6) is 0 Å². The third-order valence-electron chi connectivity index (χ3n) is 4.64. The summed E-state index contributed by atoms with van der Waals surface area (Å²) in [5.74, 6) is 1.32. The summed E-state index contributed by atoms with van der Waals surface area (Å²) in [4.78, 5) is 12.2. The number of H-pyrrole nitrogens is 2. The first-order chi connectivity index (χ1) is 13.7. The lowest BCUT2D eigenvalue weighted by atomic mass is 10.1. The molecule has 0 saturated heterocycles. The van der Waals surface area contributed by atoms with Crippen molar-refractivity contribution in [1.29, 1.82) is 0 Å². The summed E-state index contributed by atoms with van der Waals surface area (Å²) in [5, 5.41) is 15.9.